The van der Waals surface area contributed by atoms with Gasteiger partial charge in [0.05, 0.1) is 6.54 Å². The third-order valence-corrected chi connectivity index (χ3v) is 3.29. The van der Waals surface area contributed by atoms with Gasteiger partial charge in [0.2, 0.25) is 0 Å². The summed E-state index contributed by atoms with van der Waals surface area (Å²) in [6.45, 7) is 5.68. The average Bonchev–Trinajstić information content (AvgIpc) is 2.89. The van der Waals surface area contributed by atoms with Crippen molar-refractivity contribution in [3.63, 3.8) is 0 Å². The maximum atomic E-state index is 11.6. The highest BCUT2D eigenvalue weighted by Crippen LogP contribution is 2.25. The van der Waals surface area contributed by atoms with Crippen LogP contribution in [0.5, 0.6) is 0 Å². The van der Waals surface area contributed by atoms with Gasteiger partial charge in [0.25, 0.3) is 0 Å². The van der Waals surface area contributed by atoms with Crippen molar-refractivity contribution in [3.05, 3.63) is 18.5 Å². The molecule has 0 fully saturated rings. The number of carboxylic acids is 1. The number of aliphatic carboxylic acids is 1. The summed E-state index contributed by atoms with van der Waals surface area (Å²) in [7, 11) is 0. The van der Waals surface area contributed by atoms with Gasteiger partial charge >= 0.3 is 12.0 Å². The molecule has 0 aromatic carbocycles. The highest BCUT2D eigenvalue weighted by atomic mass is 16.4. The van der Waals surface area contributed by atoms with Crippen LogP contribution in [-0.2, 0) is 11.3 Å². The number of nitrogens with zero attached hydrogens (tertiary/aromatic N) is 2. The monoisotopic (exact) mass is 296 g/mol. The number of carbonyl (C=O) groups is 2. The Balaban J connectivity index is 2.10. The predicted octanol–water partition coefficient (Wildman–Crippen LogP) is 1.46. The molecule has 0 aliphatic carbocycles. The zero-order chi connectivity index (χ0) is 15.7. The molecule has 1 heterocycles. The highest BCUT2D eigenvalue weighted by molar-refractivity contribution is 5.73. The first kappa shape index (κ1) is 17.0. The van der Waals surface area contributed by atoms with Crippen molar-refractivity contribution < 1.29 is 14.7 Å². The molecule has 118 valence electrons. The van der Waals surface area contributed by atoms with Crippen LogP contribution in [0, 0.1) is 5.41 Å². The fourth-order valence-electron chi connectivity index (χ4n) is 1.86. The molecule has 0 aliphatic rings. The lowest BCUT2D eigenvalue weighted by atomic mass is 9.84. The number of aromatic nitrogens is 2. The molecule has 0 bridgehead atoms. The van der Waals surface area contributed by atoms with Crippen LogP contribution in [0.25, 0.3) is 0 Å². The lowest BCUT2D eigenvalue weighted by Gasteiger charge is -2.23. The largest absolute Gasteiger partial charge is 0.481 e. The number of carboxylic acid groups (broad SMARTS) is 1. The second-order valence-electron chi connectivity index (χ2n) is 5.76. The molecule has 0 unspecified atom stereocenters. The van der Waals surface area contributed by atoms with Crippen molar-refractivity contribution in [3.8, 4) is 0 Å². The summed E-state index contributed by atoms with van der Waals surface area (Å²) in [6.07, 6.45) is 5.03. The van der Waals surface area contributed by atoms with E-state index in [1.807, 2.05) is 26.1 Å². The van der Waals surface area contributed by atoms with E-state index in [4.69, 9.17) is 5.11 Å². The maximum absolute atomic E-state index is 11.6. The fourth-order valence-corrected chi connectivity index (χ4v) is 1.86. The van der Waals surface area contributed by atoms with Crippen molar-refractivity contribution in [1.82, 2.24) is 20.4 Å². The molecule has 0 aliphatic heterocycles. The predicted molar refractivity (Wildman–Crippen MR) is 78.9 cm³/mol. The molecule has 7 heteroatoms. The van der Waals surface area contributed by atoms with Gasteiger partial charge in [-0.25, -0.2) is 4.79 Å². The summed E-state index contributed by atoms with van der Waals surface area (Å²) >= 11 is 0. The summed E-state index contributed by atoms with van der Waals surface area (Å²) in [6, 6.07) is 1.62. The van der Waals surface area contributed by atoms with Gasteiger partial charge in [0.1, 0.15) is 0 Å². The third kappa shape index (κ3) is 7.96. The Labute approximate surface area is 124 Å². The molecule has 1 aromatic rings. The Morgan fingerprint density at radius 2 is 1.95 bits per heavy atom. The van der Waals surface area contributed by atoms with Crippen molar-refractivity contribution in [2.75, 3.05) is 13.1 Å². The van der Waals surface area contributed by atoms with E-state index in [-0.39, 0.29) is 17.9 Å². The molecule has 0 atom stereocenters. The van der Waals surface area contributed by atoms with Gasteiger partial charge in [-0.1, -0.05) is 13.8 Å². The van der Waals surface area contributed by atoms with Crippen LogP contribution in [0.1, 0.15) is 33.1 Å². The van der Waals surface area contributed by atoms with Gasteiger partial charge in [0.15, 0.2) is 0 Å². The summed E-state index contributed by atoms with van der Waals surface area (Å²) in [5.74, 6) is -0.785. The first-order valence-electron chi connectivity index (χ1n) is 7.10. The molecule has 0 saturated carbocycles. The van der Waals surface area contributed by atoms with Crippen LogP contribution in [0.15, 0.2) is 18.5 Å². The smallest absolute Gasteiger partial charge is 0.314 e. The number of rotatable bonds is 9. The zero-order valence-corrected chi connectivity index (χ0v) is 12.6. The standard InChI is InChI=1S/C14H24N4O3/c1-14(2,5-4-12(19)20)6-8-15-13(21)16-9-11-18-10-3-7-17-18/h3,7,10H,4-6,8-9,11H2,1-2H3,(H,19,20)(H2,15,16,21). The van der Waals surface area contributed by atoms with Crippen molar-refractivity contribution in [1.29, 1.82) is 0 Å². The SMILES string of the molecule is CC(C)(CCNC(=O)NCCn1cccn1)CCC(=O)O. The van der Waals surface area contributed by atoms with E-state index in [9.17, 15) is 9.59 Å². The molecule has 21 heavy (non-hydrogen) atoms. The molecular formula is C14H24N4O3. The van der Waals surface area contributed by atoms with E-state index in [0.29, 0.717) is 26.1 Å². The Kier molecular flexibility index (Phi) is 6.71. The van der Waals surface area contributed by atoms with Gasteiger partial charge in [-0.05, 0) is 24.3 Å². The quantitative estimate of drug-likeness (QED) is 0.643. The van der Waals surface area contributed by atoms with E-state index in [1.54, 1.807) is 10.9 Å². The number of urea groups is 1. The van der Waals surface area contributed by atoms with Crippen LogP contribution >= 0.6 is 0 Å². The molecule has 0 radical (unpaired) electrons. The van der Waals surface area contributed by atoms with Gasteiger partial charge in [-0.3, -0.25) is 9.48 Å². The molecule has 0 saturated heterocycles. The van der Waals surface area contributed by atoms with E-state index in [1.165, 1.54) is 0 Å². The van der Waals surface area contributed by atoms with Crippen LogP contribution in [0.4, 0.5) is 4.79 Å². The molecule has 1 rings (SSSR count). The van der Waals surface area contributed by atoms with Gasteiger partial charge in [-0.15, -0.1) is 0 Å². The number of nitrogens with one attached hydrogen (secondary N) is 2. The maximum Gasteiger partial charge on any atom is 0.314 e. The minimum absolute atomic E-state index is 0.0965. The van der Waals surface area contributed by atoms with E-state index >= 15 is 0 Å². The number of amides is 2. The normalized spacial score (nSPS) is 11.1. The third-order valence-electron chi connectivity index (χ3n) is 3.29. The second-order valence-corrected chi connectivity index (χ2v) is 5.76. The topological polar surface area (TPSA) is 96.3 Å². The van der Waals surface area contributed by atoms with E-state index in [0.717, 1.165) is 6.42 Å². The van der Waals surface area contributed by atoms with Gasteiger partial charge in [-0.2, -0.15) is 5.10 Å². The first-order chi connectivity index (χ1) is 9.89. The number of hydrogen-bond acceptors (Lipinski definition) is 3. The summed E-state index contributed by atoms with van der Waals surface area (Å²) < 4.78 is 1.75. The summed E-state index contributed by atoms with van der Waals surface area (Å²) in [5.41, 5.74) is -0.0965. The second kappa shape index (κ2) is 8.28. The Morgan fingerprint density at radius 3 is 2.57 bits per heavy atom. The molecular weight excluding hydrogens is 272 g/mol. The molecule has 1 aromatic heterocycles. The zero-order valence-electron chi connectivity index (χ0n) is 12.6. The lowest BCUT2D eigenvalue weighted by Crippen LogP contribution is -2.38. The first-order valence-corrected chi connectivity index (χ1v) is 7.10. The molecule has 0 spiro atoms. The Morgan fingerprint density at radius 1 is 1.24 bits per heavy atom. The summed E-state index contributed by atoms with van der Waals surface area (Å²) in [5, 5.41) is 18.3. The Bertz CT molecular complexity index is 443. The van der Waals surface area contributed by atoms with Crippen LogP contribution in [0.3, 0.4) is 0 Å². The molecule has 2 amide bonds. The van der Waals surface area contributed by atoms with Crippen LogP contribution < -0.4 is 10.6 Å². The molecule has 7 nitrogen and oxygen atoms in total. The van der Waals surface area contributed by atoms with Gasteiger partial charge in [0, 0.05) is 31.9 Å². The highest BCUT2D eigenvalue weighted by Gasteiger charge is 2.19. The minimum atomic E-state index is -0.785. The number of hydrogen-bond donors (Lipinski definition) is 3. The van der Waals surface area contributed by atoms with Crippen molar-refractivity contribution in [2.24, 2.45) is 5.41 Å². The van der Waals surface area contributed by atoms with Crippen LogP contribution in [-0.4, -0.2) is 40.0 Å². The van der Waals surface area contributed by atoms with Gasteiger partial charge < -0.3 is 15.7 Å². The average molecular weight is 296 g/mol. The minimum Gasteiger partial charge on any atom is -0.481 e. The van der Waals surface area contributed by atoms with Crippen LogP contribution in [0.2, 0.25) is 0 Å². The lowest BCUT2D eigenvalue weighted by molar-refractivity contribution is -0.137. The fraction of sp³-hybridized carbons (Fsp3) is 0.643. The summed E-state index contributed by atoms with van der Waals surface area (Å²) in [4.78, 5) is 22.1. The Hall–Kier alpha value is -2.05. The molecule has 3 N–H and O–H groups in total. The number of carbonyl (C=O) groups excluding carboxylic acids is 1. The van der Waals surface area contributed by atoms with E-state index in [2.05, 4.69) is 15.7 Å². The van der Waals surface area contributed by atoms with Crippen molar-refractivity contribution >= 4 is 12.0 Å². The van der Waals surface area contributed by atoms with E-state index < -0.39 is 5.97 Å². The van der Waals surface area contributed by atoms with Crippen molar-refractivity contribution in [2.45, 2.75) is 39.7 Å².